The first kappa shape index (κ1) is 23.7. The fourth-order valence-corrected chi connectivity index (χ4v) is 5.11. The number of anilines is 1. The lowest BCUT2D eigenvalue weighted by molar-refractivity contribution is 0.394. The quantitative estimate of drug-likeness (QED) is 0.342. The molecule has 4 aromatic rings. The number of nitrogens with one attached hydrogen (secondary N) is 1. The van der Waals surface area contributed by atoms with Gasteiger partial charge in [-0.15, -0.1) is 0 Å². The molecule has 0 bridgehead atoms. The Bertz CT molecular complexity index is 1370. The van der Waals surface area contributed by atoms with E-state index in [1.54, 1.807) is 21.3 Å². The highest BCUT2D eigenvalue weighted by molar-refractivity contribution is 7.80. The zero-order chi connectivity index (χ0) is 25.2. The molecular weight excluding hydrogens is 472 g/mol. The van der Waals surface area contributed by atoms with E-state index in [0.717, 1.165) is 34.2 Å². The van der Waals surface area contributed by atoms with Crippen molar-refractivity contribution in [2.75, 3.05) is 26.2 Å². The third-order valence-electron chi connectivity index (χ3n) is 6.48. The predicted octanol–water partition coefficient (Wildman–Crippen LogP) is 5.38. The summed E-state index contributed by atoms with van der Waals surface area (Å²) in [6, 6.07) is 23.6. The average Bonchev–Trinajstić information content (AvgIpc) is 3.47. The molecule has 5 rings (SSSR count). The number of pyridine rings is 1. The molecule has 0 spiro atoms. The van der Waals surface area contributed by atoms with Crippen LogP contribution in [-0.4, -0.2) is 36.0 Å². The van der Waals surface area contributed by atoms with E-state index >= 15 is 0 Å². The molecule has 2 aromatic heterocycles. The van der Waals surface area contributed by atoms with Crippen LogP contribution in [0.4, 0.5) is 5.69 Å². The van der Waals surface area contributed by atoms with E-state index in [-0.39, 0.29) is 12.1 Å². The summed E-state index contributed by atoms with van der Waals surface area (Å²) in [5, 5.41) is 4.12. The van der Waals surface area contributed by atoms with E-state index in [4.69, 9.17) is 26.4 Å². The van der Waals surface area contributed by atoms with Crippen LogP contribution in [0.2, 0.25) is 0 Å². The third-order valence-corrected chi connectivity index (χ3v) is 6.80. The van der Waals surface area contributed by atoms with Crippen LogP contribution in [-0.2, 0) is 0 Å². The second-order valence-corrected chi connectivity index (χ2v) is 8.85. The molecule has 0 radical (unpaired) electrons. The molecule has 3 heterocycles. The van der Waals surface area contributed by atoms with Gasteiger partial charge in [0.1, 0.15) is 23.3 Å². The highest BCUT2D eigenvalue weighted by Gasteiger charge is 2.43. The Hall–Kier alpha value is -4.04. The largest absolute Gasteiger partial charge is 0.497 e. The van der Waals surface area contributed by atoms with Gasteiger partial charge in [-0.25, -0.2) is 0 Å². The van der Waals surface area contributed by atoms with Crippen LogP contribution in [0, 0.1) is 6.92 Å². The number of ether oxygens (including phenoxy) is 3. The van der Waals surface area contributed by atoms with Crippen LogP contribution in [0.3, 0.4) is 0 Å². The second-order valence-electron chi connectivity index (χ2n) is 8.47. The van der Waals surface area contributed by atoms with E-state index in [2.05, 4.69) is 51.0 Å². The van der Waals surface area contributed by atoms with Crippen LogP contribution in [0.25, 0.3) is 5.69 Å². The molecule has 1 fully saturated rings. The summed E-state index contributed by atoms with van der Waals surface area (Å²) in [7, 11) is 4.96. The molecule has 1 N–H and O–H groups in total. The number of aromatic nitrogens is 2. The molecule has 36 heavy (non-hydrogen) atoms. The maximum Gasteiger partial charge on any atom is 0.174 e. The predicted molar refractivity (Wildman–Crippen MR) is 145 cm³/mol. The first-order chi connectivity index (χ1) is 17.5. The van der Waals surface area contributed by atoms with Crippen LogP contribution < -0.4 is 24.4 Å². The zero-order valence-electron chi connectivity index (χ0n) is 20.6. The van der Waals surface area contributed by atoms with Crippen LogP contribution in [0.15, 0.2) is 79.0 Å². The van der Waals surface area contributed by atoms with Crippen molar-refractivity contribution < 1.29 is 14.2 Å². The SMILES string of the molecule is COc1ccc(-n2c(C)ccc2[C@@H]2[C@@H](c3ccccn3)NC(=S)N2c2ccc(OC)cc2OC)cc1. The Morgan fingerprint density at radius 2 is 1.61 bits per heavy atom. The lowest BCUT2D eigenvalue weighted by Gasteiger charge is -2.30. The maximum absolute atomic E-state index is 5.92. The molecular formula is C28H28N4O3S. The standard InChI is InChI=1S/C28H28N4O3S/c1-18-8-14-24(31(18)19-9-11-20(33-2)12-10-19)27-26(22-7-5-6-16-29-22)30-28(36)32(27)23-15-13-21(34-3)17-25(23)35-4/h5-17,26-27H,1-4H3,(H,30,36)/t26-,27-/m1/s1. The highest BCUT2D eigenvalue weighted by atomic mass is 32.1. The summed E-state index contributed by atoms with van der Waals surface area (Å²) in [6.07, 6.45) is 1.81. The number of benzene rings is 2. The van der Waals surface area contributed by atoms with Gasteiger partial charge in [-0.05, 0) is 79.8 Å². The molecule has 0 unspecified atom stereocenters. The normalized spacial score (nSPS) is 17.1. The minimum Gasteiger partial charge on any atom is -0.497 e. The number of hydrogen-bond acceptors (Lipinski definition) is 5. The molecule has 1 saturated heterocycles. The van der Waals surface area contributed by atoms with Crippen molar-refractivity contribution in [3.8, 4) is 22.9 Å². The molecule has 0 saturated carbocycles. The van der Waals surface area contributed by atoms with Crippen molar-refractivity contribution in [3.63, 3.8) is 0 Å². The van der Waals surface area contributed by atoms with Crippen LogP contribution in [0.5, 0.6) is 17.2 Å². The van der Waals surface area contributed by atoms with E-state index < -0.39 is 0 Å². The Morgan fingerprint density at radius 1 is 0.861 bits per heavy atom. The number of aryl methyl sites for hydroxylation is 1. The Kier molecular flexibility index (Phi) is 6.52. The van der Waals surface area contributed by atoms with Crippen molar-refractivity contribution >= 4 is 23.0 Å². The summed E-state index contributed by atoms with van der Waals surface area (Å²) in [4.78, 5) is 6.79. The van der Waals surface area contributed by atoms with Gasteiger partial charge in [0.05, 0.1) is 38.8 Å². The lowest BCUT2D eigenvalue weighted by atomic mass is 10.0. The minimum absolute atomic E-state index is 0.184. The van der Waals surface area contributed by atoms with Crippen molar-refractivity contribution in [3.05, 3.63) is 96.1 Å². The summed E-state index contributed by atoms with van der Waals surface area (Å²) in [6.45, 7) is 2.10. The topological polar surface area (TPSA) is 60.8 Å². The van der Waals surface area contributed by atoms with Crippen molar-refractivity contribution in [2.45, 2.75) is 19.0 Å². The number of hydrogen-bond donors (Lipinski definition) is 1. The number of rotatable bonds is 7. The number of nitrogens with zero attached hydrogens (tertiary/aromatic N) is 3. The van der Waals surface area contributed by atoms with E-state index in [1.807, 2.05) is 54.7 Å². The van der Waals surface area contributed by atoms with Gasteiger partial charge >= 0.3 is 0 Å². The molecule has 1 aliphatic heterocycles. The average molecular weight is 501 g/mol. The van der Waals surface area contributed by atoms with Gasteiger partial charge in [0.25, 0.3) is 0 Å². The molecule has 0 aliphatic carbocycles. The molecule has 0 amide bonds. The molecule has 184 valence electrons. The fraction of sp³-hybridized carbons (Fsp3) is 0.214. The maximum atomic E-state index is 5.92. The molecule has 1 aliphatic rings. The van der Waals surface area contributed by atoms with Crippen molar-refractivity contribution in [1.82, 2.24) is 14.9 Å². The highest BCUT2D eigenvalue weighted by Crippen LogP contribution is 2.46. The Balaban J connectivity index is 1.70. The summed E-state index contributed by atoms with van der Waals surface area (Å²) < 4.78 is 18.8. The van der Waals surface area contributed by atoms with Gasteiger partial charge in [-0.1, -0.05) is 6.07 Å². The van der Waals surface area contributed by atoms with Gasteiger partial charge in [-0.3, -0.25) is 4.98 Å². The smallest absolute Gasteiger partial charge is 0.174 e. The van der Waals surface area contributed by atoms with Gasteiger partial charge < -0.3 is 29.0 Å². The van der Waals surface area contributed by atoms with Gasteiger partial charge in [0.15, 0.2) is 5.11 Å². The van der Waals surface area contributed by atoms with Crippen LogP contribution in [0.1, 0.15) is 29.2 Å². The zero-order valence-corrected chi connectivity index (χ0v) is 21.5. The molecule has 7 nitrogen and oxygen atoms in total. The van der Waals surface area contributed by atoms with E-state index in [0.29, 0.717) is 16.6 Å². The monoisotopic (exact) mass is 500 g/mol. The van der Waals surface area contributed by atoms with Crippen molar-refractivity contribution in [2.24, 2.45) is 0 Å². The Labute approximate surface area is 216 Å². The van der Waals surface area contributed by atoms with Crippen molar-refractivity contribution in [1.29, 1.82) is 0 Å². The molecule has 2 atom stereocenters. The Morgan fingerprint density at radius 3 is 2.28 bits per heavy atom. The van der Waals surface area contributed by atoms with Gasteiger partial charge in [-0.2, -0.15) is 0 Å². The second kappa shape index (κ2) is 9.91. The van der Waals surface area contributed by atoms with Gasteiger partial charge in [0, 0.05) is 29.3 Å². The number of methoxy groups -OCH3 is 3. The van der Waals surface area contributed by atoms with Gasteiger partial charge in [0.2, 0.25) is 0 Å². The fourth-order valence-electron chi connectivity index (χ4n) is 4.77. The summed E-state index contributed by atoms with van der Waals surface area (Å²) in [5.41, 5.74) is 4.96. The van der Waals surface area contributed by atoms with E-state index in [9.17, 15) is 0 Å². The van der Waals surface area contributed by atoms with E-state index in [1.165, 1.54) is 0 Å². The first-order valence-corrected chi connectivity index (χ1v) is 12.0. The summed E-state index contributed by atoms with van der Waals surface area (Å²) >= 11 is 5.92. The number of thiocarbonyl (C=S) groups is 1. The lowest BCUT2D eigenvalue weighted by Crippen LogP contribution is -2.30. The first-order valence-electron chi connectivity index (χ1n) is 11.6. The molecule has 8 heteroatoms. The molecule has 2 aromatic carbocycles. The minimum atomic E-state index is -0.203. The van der Waals surface area contributed by atoms with Crippen LogP contribution >= 0.6 is 12.2 Å². The summed E-state index contributed by atoms with van der Waals surface area (Å²) in [5.74, 6) is 2.19. The third kappa shape index (κ3) is 4.13.